The fourth-order valence-electron chi connectivity index (χ4n) is 3.06. The molecular weight excluding hydrogens is 356 g/mol. The number of likely N-dealkylation sites (tertiary alicyclic amines) is 1. The van der Waals surface area contributed by atoms with E-state index in [1.54, 1.807) is 12.1 Å². The number of benzene rings is 2. The van der Waals surface area contributed by atoms with E-state index in [0.29, 0.717) is 31.9 Å². The van der Waals surface area contributed by atoms with Gasteiger partial charge in [-0.2, -0.15) is 0 Å². The van der Waals surface area contributed by atoms with Gasteiger partial charge < -0.3 is 14.4 Å². The predicted molar refractivity (Wildman–Crippen MR) is 103 cm³/mol. The first-order valence-corrected chi connectivity index (χ1v) is 9.33. The van der Waals surface area contributed by atoms with E-state index in [2.05, 4.69) is 10.3 Å². The third-order valence-electron chi connectivity index (χ3n) is 4.62. The van der Waals surface area contributed by atoms with E-state index in [1.165, 1.54) is 0 Å². The summed E-state index contributed by atoms with van der Waals surface area (Å²) in [5, 5.41) is 8.34. The van der Waals surface area contributed by atoms with Crippen LogP contribution in [0.15, 0.2) is 60.8 Å². The highest BCUT2D eigenvalue weighted by molar-refractivity contribution is 5.94. The fraction of sp³-hybridized carbons (Fsp3) is 0.286. The number of ether oxygens (including phenoxy) is 2. The predicted octanol–water partition coefficient (Wildman–Crippen LogP) is 2.95. The number of nitrogens with zero attached hydrogens (tertiary/aromatic N) is 4. The van der Waals surface area contributed by atoms with Crippen LogP contribution in [-0.4, -0.2) is 45.5 Å². The molecule has 0 bridgehead atoms. The summed E-state index contributed by atoms with van der Waals surface area (Å²) in [5.41, 5.74) is 1.43. The normalized spacial score (nSPS) is 13.8. The Morgan fingerprint density at radius 2 is 1.75 bits per heavy atom. The Morgan fingerprint density at radius 3 is 2.46 bits per heavy atom. The van der Waals surface area contributed by atoms with E-state index in [0.717, 1.165) is 17.2 Å². The number of amides is 1. The molecule has 1 aliphatic heterocycles. The molecule has 2 heterocycles. The molecule has 0 radical (unpaired) electrons. The highest BCUT2D eigenvalue weighted by Gasteiger charge is 2.33. The van der Waals surface area contributed by atoms with Crippen molar-refractivity contribution in [3.8, 4) is 11.5 Å². The molecule has 28 heavy (non-hydrogen) atoms. The molecule has 0 aliphatic carbocycles. The van der Waals surface area contributed by atoms with Gasteiger partial charge in [0.2, 0.25) is 0 Å². The van der Waals surface area contributed by atoms with Gasteiger partial charge in [0, 0.05) is 18.7 Å². The highest BCUT2D eigenvalue weighted by Crippen LogP contribution is 2.23. The van der Waals surface area contributed by atoms with Gasteiger partial charge in [-0.3, -0.25) is 4.79 Å². The second-order valence-corrected chi connectivity index (χ2v) is 6.61. The fourth-order valence-corrected chi connectivity index (χ4v) is 3.06. The maximum absolute atomic E-state index is 12.6. The summed E-state index contributed by atoms with van der Waals surface area (Å²) in [5.74, 6) is 1.59. The van der Waals surface area contributed by atoms with Crippen LogP contribution in [0.25, 0.3) is 0 Å². The van der Waals surface area contributed by atoms with Crippen LogP contribution in [0, 0.1) is 0 Å². The smallest absolute Gasteiger partial charge is 0.254 e. The Bertz CT molecular complexity index is 918. The molecule has 0 saturated carbocycles. The zero-order chi connectivity index (χ0) is 19.3. The molecule has 1 saturated heterocycles. The van der Waals surface area contributed by atoms with Crippen molar-refractivity contribution in [2.24, 2.45) is 0 Å². The summed E-state index contributed by atoms with van der Waals surface area (Å²) in [6.45, 7) is 4.15. The SMILES string of the molecule is CCOc1ccc(C(=O)N2CC(n3cc(COc4ccccc4)nn3)C2)cc1. The summed E-state index contributed by atoms with van der Waals surface area (Å²) in [4.78, 5) is 14.4. The van der Waals surface area contributed by atoms with Crippen LogP contribution in [0.3, 0.4) is 0 Å². The molecule has 0 spiro atoms. The van der Waals surface area contributed by atoms with Gasteiger partial charge in [-0.15, -0.1) is 5.10 Å². The molecule has 2 aromatic carbocycles. The Kier molecular flexibility index (Phi) is 5.23. The van der Waals surface area contributed by atoms with Crippen LogP contribution in [0.4, 0.5) is 0 Å². The van der Waals surface area contributed by atoms with Crippen LogP contribution in [0.1, 0.15) is 29.0 Å². The molecule has 1 aliphatic rings. The van der Waals surface area contributed by atoms with Crippen molar-refractivity contribution < 1.29 is 14.3 Å². The Hall–Kier alpha value is -3.35. The van der Waals surface area contributed by atoms with Gasteiger partial charge in [-0.25, -0.2) is 4.68 Å². The van der Waals surface area contributed by atoms with E-state index < -0.39 is 0 Å². The van der Waals surface area contributed by atoms with Gasteiger partial charge in [0.25, 0.3) is 5.91 Å². The van der Waals surface area contributed by atoms with Crippen LogP contribution < -0.4 is 9.47 Å². The van der Waals surface area contributed by atoms with Gasteiger partial charge in [0.15, 0.2) is 0 Å². The number of rotatable bonds is 7. The Balaban J connectivity index is 1.29. The maximum Gasteiger partial charge on any atom is 0.254 e. The van der Waals surface area contributed by atoms with Crippen LogP contribution >= 0.6 is 0 Å². The molecule has 7 nitrogen and oxygen atoms in total. The zero-order valence-electron chi connectivity index (χ0n) is 15.7. The Labute approximate surface area is 163 Å². The lowest BCUT2D eigenvalue weighted by atomic mass is 10.1. The molecule has 3 aromatic rings. The number of aromatic nitrogens is 3. The van der Waals surface area contributed by atoms with E-state index in [1.807, 2.05) is 65.2 Å². The second-order valence-electron chi connectivity index (χ2n) is 6.61. The monoisotopic (exact) mass is 378 g/mol. The minimum atomic E-state index is 0.0204. The lowest BCUT2D eigenvalue weighted by molar-refractivity contribution is 0.0498. The van der Waals surface area contributed by atoms with E-state index in [4.69, 9.17) is 9.47 Å². The molecule has 0 N–H and O–H groups in total. The maximum atomic E-state index is 12.6. The van der Waals surface area contributed by atoms with Crippen LogP contribution in [-0.2, 0) is 6.61 Å². The van der Waals surface area contributed by atoms with E-state index in [9.17, 15) is 4.79 Å². The minimum absolute atomic E-state index is 0.0204. The number of carbonyl (C=O) groups is 1. The van der Waals surface area contributed by atoms with Crippen molar-refractivity contribution in [3.05, 3.63) is 72.1 Å². The van der Waals surface area contributed by atoms with Gasteiger partial charge in [-0.1, -0.05) is 23.4 Å². The third-order valence-corrected chi connectivity index (χ3v) is 4.62. The summed E-state index contributed by atoms with van der Waals surface area (Å²) in [7, 11) is 0. The van der Waals surface area contributed by atoms with Crippen molar-refractivity contribution >= 4 is 5.91 Å². The number of hydrogen-bond donors (Lipinski definition) is 0. The molecule has 4 rings (SSSR count). The highest BCUT2D eigenvalue weighted by atomic mass is 16.5. The average molecular weight is 378 g/mol. The molecule has 1 fully saturated rings. The van der Waals surface area contributed by atoms with Gasteiger partial charge in [0.1, 0.15) is 23.8 Å². The summed E-state index contributed by atoms with van der Waals surface area (Å²) in [6.07, 6.45) is 1.88. The molecule has 0 unspecified atom stereocenters. The van der Waals surface area contributed by atoms with E-state index >= 15 is 0 Å². The van der Waals surface area contributed by atoms with E-state index in [-0.39, 0.29) is 11.9 Å². The van der Waals surface area contributed by atoms with Crippen molar-refractivity contribution in [3.63, 3.8) is 0 Å². The molecule has 0 atom stereocenters. The summed E-state index contributed by atoms with van der Waals surface area (Å²) >= 11 is 0. The van der Waals surface area contributed by atoms with Gasteiger partial charge in [-0.05, 0) is 43.3 Å². The largest absolute Gasteiger partial charge is 0.494 e. The second kappa shape index (κ2) is 8.12. The van der Waals surface area contributed by atoms with Crippen molar-refractivity contribution in [1.82, 2.24) is 19.9 Å². The molecule has 1 aromatic heterocycles. The number of para-hydroxylation sites is 1. The lowest BCUT2D eigenvalue weighted by Crippen LogP contribution is -2.50. The van der Waals surface area contributed by atoms with Gasteiger partial charge >= 0.3 is 0 Å². The van der Waals surface area contributed by atoms with Crippen LogP contribution in [0.5, 0.6) is 11.5 Å². The molecular formula is C21H22N4O3. The molecule has 1 amide bonds. The number of hydrogen-bond acceptors (Lipinski definition) is 5. The van der Waals surface area contributed by atoms with Crippen molar-refractivity contribution in [2.45, 2.75) is 19.6 Å². The van der Waals surface area contributed by atoms with Crippen molar-refractivity contribution in [2.75, 3.05) is 19.7 Å². The third kappa shape index (κ3) is 3.98. The van der Waals surface area contributed by atoms with Crippen LogP contribution in [0.2, 0.25) is 0 Å². The first-order valence-electron chi connectivity index (χ1n) is 9.33. The first-order chi connectivity index (χ1) is 13.7. The zero-order valence-corrected chi connectivity index (χ0v) is 15.7. The first kappa shape index (κ1) is 18.0. The number of carbonyl (C=O) groups excluding carboxylic acids is 1. The minimum Gasteiger partial charge on any atom is -0.494 e. The topological polar surface area (TPSA) is 69.5 Å². The quantitative estimate of drug-likeness (QED) is 0.632. The van der Waals surface area contributed by atoms with Gasteiger partial charge in [0.05, 0.1) is 18.8 Å². The standard InChI is InChI=1S/C21H22N4O3/c1-2-27-20-10-8-16(9-11-20)21(26)24-13-18(14-24)25-12-17(22-23-25)15-28-19-6-4-3-5-7-19/h3-12,18H,2,13-15H2,1H3. The Morgan fingerprint density at radius 1 is 1.04 bits per heavy atom. The summed E-state index contributed by atoms with van der Waals surface area (Å²) < 4.78 is 12.9. The van der Waals surface area contributed by atoms with Crippen molar-refractivity contribution in [1.29, 1.82) is 0 Å². The molecule has 7 heteroatoms. The average Bonchev–Trinajstić information content (AvgIpc) is 3.15. The lowest BCUT2D eigenvalue weighted by Gasteiger charge is -2.38. The molecule has 144 valence electrons. The summed E-state index contributed by atoms with van der Waals surface area (Å²) in [6, 6.07) is 17.0.